The van der Waals surface area contributed by atoms with Gasteiger partial charge in [-0.3, -0.25) is 4.79 Å². The van der Waals surface area contributed by atoms with E-state index in [1.165, 1.54) is 115 Å². The topological polar surface area (TPSA) is 61.8 Å². The van der Waals surface area contributed by atoms with E-state index in [1.807, 2.05) is 48.5 Å². The summed E-state index contributed by atoms with van der Waals surface area (Å²) in [5.74, 6) is 1.44. The summed E-state index contributed by atoms with van der Waals surface area (Å²) in [4.78, 5) is 25.1. The van der Waals surface area contributed by atoms with E-state index in [4.69, 9.17) is 14.2 Å². The van der Waals surface area contributed by atoms with Crippen LogP contribution in [-0.4, -0.2) is 25.0 Å². The number of carbonyl (C=O) groups excluding carboxylic acids is 2. The molecular weight excluding hydrogens is 645 g/mol. The van der Waals surface area contributed by atoms with Crippen LogP contribution in [-0.2, 0) is 4.79 Å². The first kappa shape index (κ1) is 42.3. The average molecular weight is 709 g/mol. The lowest BCUT2D eigenvalue weighted by atomic mass is 10.0. The molecule has 3 aromatic rings. The van der Waals surface area contributed by atoms with Crippen LogP contribution in [0.3, 0.4) is 0 Å². The molecular formula is C47H64O5. The molecule has 0 radical (unpaired) electrons. The maximum absolute atomic E-state index is 12.7. The van der Waals surface area contributed by atoms with Crippen LogP contribution in [0, 0.1) is 0 Å². The highest BCUT2D eigenvalue weighted by atomic mass is 16.5. The molecule has 3 rings (SSSR count). The number of hydrogen-bond acceptors (Lipinski definition) is 5. The molecule has 5 nitrogen and oxygen atoms in total. The van der Waals surface area contributed by atoms with Gasteiger partial charge in [0.2, 0.25) is 0 Å². The molecule has 0 atom stereocenters. The normalized spacial score (nSPS) is 11.3. The van der Waals surface area contributed by atoms with Crippen molar-refractivity contribution in [2.24, 2.45) is 0 Å². The van der Waals surface area contributed by atoms with Gasteiger partial charge in [0, 0.05) is 11.6 Å². The molecule has 0 saturated heterocycles. The second kappa shape index (κ2) is 27.5. The Morgan fingerprint density at radius 3 is 1.23 bits per heavy atom. The van der Waals surface area contributed by atoms with Crippen molar-refractivity contribution in [3.05, 3.63) is 102 Å². The van der Waals surface area contributed by atoms with Crippen molar-refractivity contribution in [1.29, 1.82) is 0 Å². The van der Waals surface area contributed by atoms with Gasteiger partial charge < -0.3 is 14.2 Å². The minimum atomic E-state index is -0.485. The zero-order valence-electron chi connectivity index (χ0n) is 32.1. The molecule has 0 saturated carbocycles. The highest BCUT2D eigenvalue weighted by Crippen LogP contribution is 2.18. The summed E-state index contributed by atoms with van der Waals surface area (Å²) in [5.41, 5.74) is 2.32. The summed E-state index contributed by atoms with van der Waals surface area (Å²) < 4.78 is 17.2. The molecule has 0 unspecified atom stereocenters. The predicted octanol–water partition coefficient (Wildman–Crippen LogP) is 13.4. The summed E-state index contributed by atoms with van der Waals surface area (Å²) in [7, 11) is 0. The lowest BCUT2D eigenvalue weighted by Crippen LogP contribution is -2.04. The van der Waals surface area contributed by atoms with Crippen LogP contribution in [0.4, 0.5) is 0 Å². The first-order chi connectivity index (χ1) is 25.6. The minimum Gasteiger partial charge on any atom is -0.494 e. The van der Waals surface area contributed by atoms with Crippen LogP contribution in [0.5, 0.6) is 17.2 Å². The average Bonchev–Trinajstić information content (AvgIpc) is 3.17. The lowest BCUT2D eigenvalue weighted by Gasteiger charge is -2.07. The van der Waals surface area contributed by atoms with Gasteiger partial charge in [-0.15, -0.1) is 0 Å². The Morgan fingerprint density at radius 2 is 0.808 bits per heavy atom. The zero-order valence-corrected chi connectivity index (χ0v) is 32.1. The predicted molar refractivity (Wildman–Crippen MR) is 217 cm³/mol. The van der Waals surface area contributed by atoms with E-state index in [0.717, 1.165) is 48.7 Å². The van der Waals surface area contributed by atoms with E-state index in [2.05, 4.69) is 13.8 Å². The van der Waals surface area contributed by atoms with Crippen molar-refractivity contribution >= 4 is 23.9 Å². The third-order valence-corrected chi connectivity index (χ3v) is 9.24. The molecule has 0 fully saturated rings. The fraction of sp³-hybridized carbons (Fsp3) is 0.489. The van der Waals surface area contributed by atoms with Crippen molar-refractivity contribution in [3.8, 4) is 17.2 Å². The number of rotatable bonds is 29. The number of ether oxygens (including phenoxy) is 3. The van der Waals surface area contributed by atoms with Gasteiger partial charge in [-0.05, 0) is 84.7 Å². The number of benzene rings is 3. The third-order valence-electron chi connectivity index (χ3n) is 9.24. The quantitative estimate of drug-likeness (QED) is 0.0236. The Morgan fingerprint density at radius 1 is 0.442 bits per heavy atom. The molecule has 0 heterocycles. The second-order valence-corrected chi connectivity index (χ2v) is 13.8. The molecule has 0 N–H and O–H groups in total. The molecule has 0 aromatic heterocycles. The van der Waals surface area contributed by atoms with Gasteiger partial charge in [-0.1, -0.05) is 153 Å². The number of hydrogen-bond donors (Lipinski definition) is 0. The van der Waals surface area contributed by atoms with Crippen LogP contribution in [0.2, 0.25) is 0 Å². The van der Waals surface area contributed by atoms with Crippen molar-refractivity contribution < 1.29 is 23.8 Å². The Kier molecular flexibility index (Phi) is 22.4. The van der Waals surface area contributed by atoms with Gasteiger partial charge >= 0.3 is 5.97 Å². The molecule has 3 aromatic carbocycles. The van der Waals surface area contributed by atoms with Crippen LogP contribution in [0.15, 0.2) is 84.9 Å². The number of allylic oxidation sites excluding steroid dienone is 1. The third kappa shape index (κ3) is 19.5. The summed E-state index contributed by atoms with van der Waals surface area (Å²) >= 11 is 0. The van der Waals surface area contributed by atoms with Crippen LogP contribution >= 0.6 is 0 Å². The van der Waals surface area contributed by atoms with Gasteiger partial charge in [0.1, 0.15) is 17.2 Å². The smallest absolute Gasteiger partial charge is 0.336 e. The Bertz CT molecular complexity index is 1420. The molecule has 5 heteroatoms. The summed E-state index contributed by atoms with van der Waals surface area (Å²) in [6.45, 7) is 5.94. The maximum Gasteiger partial charge on any atom is 0.336 e. The number of carbonyl (C=O) groups is 2. The fourth-order valence-corrected chi connectivity index (χ4v) is 6.00. The van der Waals surface area contributed by atoms with E-state index in [0.29, 0.717) is 11.3 Å². The van der Waals surface area contributed by atoms with Crippen molar-refractivity contribution in [3.63, 3.8) is 0 Å². The van der Waals surface area contributed by atoms with Crippen LogP contribution in [0.25, 0.3) is 12.2 Å². The van der Waals surface area contributed by atoms with Gasteiger partial charge in [0.25, 0.3) is 0 Å². The molecule has 52 heavy (non-hydrogen) atoms. The summed E-state index contributed by atoms with van der Waals surface area (Å²) in [6.07, 6.45) is 31.3. The zero-order chi connectivity index (χ0) is 36.9. The number of unbranched alkanes of at least 4 members (excludes halogenated alkanes) is 17. The first-order valence-corrected chi connectivity index (χ1v) is 20.3. The molecule has 0 aliphatic carbocycles. The first-order valence-electron chi connectivity index (χ1n) is 20.3. The molecule has 0 amide bonds. The molecule has 282 valence electrons. The van der Waals surface area contributed by atoms with Crippen molar-refractivity contribution in [2.75, 3.05) is 13.2 Å². The summed E-state index contributed by atoms with van der Waals surface area (Å²) in [5, 5.41) is 0. The Labute approximate surface area is 314 Å². The van der Waals surface area contributed by atoms with Crippen molar-refractivity contribution in [2.45, 2.75) is 136 Å². The van der Waals surface area contributed by atoms with E-state index < -0.39 is 5.97 Å². The molecule has 0 spiro atoms. The molecule has 0 aliphatic heterocycles. The van der Waals surface area contributed by atoms with Crippen LogP contribution < -0.4 is 14.2 Å². The Balaban J connectivity index is 1.25. The standard InChI is InChI=1S/C47H64O5/c1-3-5-7-9-10-11-12-13-14-15-16-17-19-21-39-51-44-32-24-41(25-33-44)27-37-47(49)52-45-34-28-42(29-35-45)46(48)36-26-40-22-30-43(31-23-40)50-38-20-18-8-6-4-2/h22-37H,3-21,38-39H2,1-2H3/b36-26+,37-27+. The lowest BCUT2D eigenvalue weighted by molar-refractivity contribution is -0.128. The highest BCUT2D eigenvalue weighted by Gasteiger charge is 2.06. The monoisotopic (exact) mass is 708 g/mol. The van der Waals surface area contributed by atoms with E-state index >= 15 is 0 Å². The largest absolute Gasteiger partial charge is 0.494 e. The highest BCUT2D eigenvalue weighted by molar-refractivity contribution is 6.06. The maximum atomic E-state index is 12.7. The van der Waals surface area contributed by atoms with Gasteiger partial charge in [-0.2, -0.15) is 0 Å². The molecule has 0 bridgehead atoms. The van der Waals surface area contributed by atoms with Crippen molar-refractivity contribution in [1.82, 2.24) is 0 Å². The van der Waals surface area contributed by atoms with E-state index in [1.54, 1.807) is 42.5 Å². The second-order valence-electron chi connectivity index (χ2n) is 13.8. The fourth-order valence-electron chi connectivity index (χ4n) is 6.00. The minimum absolute atomic E-state index is 0.128. The summed E-state index contributed by atoms with van der Waals surface area (Å²) in [6, 6.07) is 22.0. The van der Waals surface area contributed by atoms with Gasteiger partial charge in [0.15, 0.2) is 5.78 Å². The SMILES string of the molecule is CCCCCCCCCCCCCCCCOc1ccc(/C=C/C(=O)Oc2ccc(C(=O)/C=C/c3ccc(OCCCCCCC)cc3)cc2)cc1. The van der Waals surface area contributed by atoms with Crippen LogP contribution in [0.1, 0.15) is 157 Å². The van der Waals surface area contributed by atoms with E-state index in [9.17, 15) is 9.59 Å². The van der Waals surface area contributed by atoms with Gasteiger partial charge in [-0.25, -0.2) is 4.79 Å². The number of esters is 1. The molecule has 0 aliphatic rings. The van der Waals surface area contributed by atoms with E-state index in [-0.39, 0.29) is 5.78 Å². The van der Waals surface area contributed by atoms with Gasteiger partial charge in [0.05, 0.1) is 13.2 Å². The Hall–Kier alpha value is -4.12. The number of ketones is 1.